The third kappa shape index (κ3) is 4.56. The van der Waals surface area contributed by atoms with Crippen LogP contribution in [0.2, 0.25) is 5.02 Å². The summed E-state index contributed by atoms with van der Waals surface area (Å²) in [7, 11) is 0. The molecule has 20 heavy (non-hydrogen) atoms. The van der Waals surface area contributed by atoms with Gasteiger partial charge in [0.25, 0.3) is 0 Å². The summed E-state index contributed by atoms with van der Waals surface area (Å²) in [6.07, 6.45) is 4.93. The molecule has 6 heteroatoms. The van der Waals surface area contributed by atoms with E-state index in [0.717, 1.165) is 25.7 Å². The molecule has 1 aromatic heterocycles. The number of aromatic nitrogens is 1. The van der Waals surface area contributed by atoms with Crippen molar-refractivity contribution in [2.45, 2.75) is 44.8 Å². The second-order valence-corrected chi connectivity index (χ2v) is 5.21. The molecule has 1 fully saturated rings. The van der Waals surface area contributed by atoms with Crippen LogP contribution in [0.1, 0.15) is 32.6 Å². The molecular weight excluding hydrogens is 280 g/mol. The number of amides is 1. The zero-order valence-electron chi connectivity index (χ0n) is 11.5. The molecule has 5 nitrogen and oxygen atoms in total. The Bertz CT molecular complexity index is 431. The summed E-state index contributed by atoms with van der Waals surface area (Å²) in [6, 6.07) is 3.70. The molecule has 0 aromatic carbocycles. The molecule has 0 spiro atoms. The van der Waals surface area contributed by atoms with Crippen molar-refractivity contribution in [2.75, 3.05) is 6.61 Å². The molecule has 0 radical (unpaired) electrons. The highest BCUT2D eigenvalue weighted by Crippen LogP contribution is 2.23. The summed E-state index contributed by atoms with van der Waals surface area (Å²) in [6.45, 7) is 2.19. The number of carbonyl (C=O) groups is 1. The number of rotatable bonds is 4. The molecule has 1 amide bonds. The number of nitrogens with zero attached hydrogens (tertiary/aromatic N) is 1. The van der Waals surface area contributed by atoms with Crippen molar-refractivity contribution in [3.63, 3.8) is 0 Å². The summed E-state index contributed by atoms with van der Waals surface area (Å²) < 4.78 is 10.7. The predicted molar refractivity (Wildman–Crippen MR) is 76.1 cm³/mol. The maximum Gasteiger partial charge on any atom is 0.407 e. The minimum absolute atomic E-state index is 0.143. The van der Waals surface area contributed by atoms with Gasteiger partial charge in [-0.15, -0.1) is 0 Å². The van der Waals surface area contributed by atoms with Gasteiger partial charge in [0.05, 0.1) is 11.6 Å². The van der Waals surface area contributed by atoms with Crippen molar-refractivity contribution in [3.05, 3.63) is 23.4 Å². The number of halogens is 1. The van der Waals surface area contributed by atoms with Gasteiger partial charge in [-0.3, -0.25) is 0 Å². The molecule has 0 atom stereocenters. The molecule has 1 aliphatic rings. The number of hydrogen-bond donors (Lipinski definition) is 1. The van der Waals surface area contributed by atoms with Gasteiger partial charge < -0.3 is 14.8 Å². The van der Waals surface area contributed by atoms with Crippen molar-refractivity contribution in [1.29, 1.82) is 0 Å². The molecule has 1 aromatic rings. The van der Waals surface area contributed by atoms with Gasteiger partial charge in [0.1, 0.15) is 6.10 Å². The highest BCUT2D eigenvalue weighted by molar-refractivity contribution is 6.30. The number of nitrogens with one attached hydrogen (secondary N) is 1. The molecule has 1 heterocycles. The predicted octanol–water partition coefficient (Wildman–Crippen LogP) is 3.17. The van der Waals surface area contributed by atoms with Gasteiger partial charge in [0, 0.05) is 18.3 Å². The van der Waals surface area contributed by atoms with Gasteiger partial charge in [0.2, 0.25) is 5.88 Å². The topological polar surface area (TPSA) is 60.5 Å². The average molecular weight is 299 g/mol. The SMILES string of the molecule is CCOC(=O)NC1CCC(Oc2ccc(Cl)cn2)CC1. The molecule has 1 N–H and O–H groups in total. The third-order valence-electron chi connectivity index (χ3n) is 3.26. The van der Waals surface area contributed by atoms with Crippen molar-refractivity contribution in [2.24, 2.45) is 0 Å². The Morgan fingerprint density at radius 1 is 1.40 bits per heavy atom. The summed E-state index contributed by atoms with van der Waals surface area (Å²) in [5, 5.41) is 3.46. The van der Waals surface area contributed by atoms with Crippen LogP contribution in [-0.2, 0) is 4.74 Å². The Morgan fingerprint density at radius 2 is 2.15 bits per heavy atom. The molecule has 2 rings (SSSR count). The molecule has 0 unspecified atom stereocenters. The smallest absolute Gasteiger partial charge is 0.407 e. The van der Waals surface area contributed by atoms with Gasteiger partial charge in [-0.05, 0) is 38.7 Å². The second-order valence-electron chi connectivity index (χ2n) is 4.77. The fourth-order valence-electron chi connectivity index (χ4n) is 2.27. The molecule has 0 aliphatic heterocycles. The fourth-order valence-corrected chi connectivity index (χ4v) is 2.38. The van der Waals surface area contributed by atoms with E-state index in [-0.39, 0.29) is 18.2 Å². The first-order valence-corrected chi connectivity index (χ1v) is 7.26. The van der Waals surface area contributed by atoms with Crippen LogP contribution < -0.4 is 10.1 Å². The van der Waals surface area contributed by atoms with Crippen LogP contribution in [0, 0.1) is 0 Å². The lowest BCUT2D eigenvalue weighted by Crippen LogP contribution is -2.40. The lowest BCUT2D eigenvalue weighted by molar-refractivity contribution is 0.120. The molecule has 1 aliphatic carbocycles. The normalized spacial score (nSPS) is 22.1. The zero-order chi connectivity index (χ0) is 14.4. The van der Waals surface area contributed by atoms with Crippen molar-refractivity contribution < 1.29 is 14.3 Å². The maximum atomic E-state index is 11.3. The van der Waals surface area contributed by atoms with Crippen LogP contribution in [0.4, 0.5) is 4.79 Å². The molecule has 0 bridgehead atoms. The van der Waals surface area contributed by atoms with Gasteiger partial charge in [-0.1, -0.05) is 11.6 Å². The van der Waals surface area contributed by atoms with E-state index in [9.17, 15) is 4.79 Å². The molecular formula is C14H19ClN2O3. The van der Waals surface area contributed by atoms with Crippen LogP contribution in [0.15, 0.2) is 18.3 Å². The highest BCUT2D eigenvalue weighted by atomic mass is 35.5. The average Bonchev–Trinajstić information content (AvgIpc) is 2.44. The number of alkyl carbamates (subject to hydrolysis) is 1. The minimum Gasteiger partial charge on any atom is -0.474 e. The first kappa shape index (κ1) is 14.9. The van der Waals surface area contributed by atoms with Gasteiger partial charge in [0.15, 0.2) is 0 Å². The van der Waals surface area contributed by atoms with Crippen LogP contribution in [0.3, 0.4) is 0 Å². The summed E-state index contributed by atoms with van der Waals surface area (Å²) in [5.41, 5.74) is 0. The van der Waals surface area contributed by atoms with Gasteiger partial charge in [-0.25, -0.2) is 9.78 Å². The van der Waals surface area contributed by atoms with E-state index in [4.69, 9.17) is 21.1 Å². The van der Waals surface area contributed by atoms with E-state index in [2.05, 4.69) is 10.3 Å². The van der Waals surface area contributed by atoms with Crippen LogP contribution in [0.5, 0.6) is 5.88 Å². The van der Waals surface area contributed by atoms with Crippen molar-refractivity contribution >= 4 is 17.7 Å². The standard InChI is InChI=1S/C14H19ClN2O3/c1-2-19-14(18)17-11-4-6-12(7-5-11)20-13-8-3-10(15)9-16-13/h3,8-9,11-12H,2,4-7H2,1H3,(H,17,18). The Kier molecular flexibility index (Phi) is 5.47. The third-order valence-corrected chi connectivity index (χ3v) is 3.48. The monoisotopic (exact) mass is 298 g/mol. The summed E-state index contributed by atoms with van der Waals surface area (Å²) >= 11 is 5.78. The fraction of sp³-hybridized carbons (Fsp3) is 0.571. The van der Waals surface area contributed by atoms with E-state index in [1.807, 2.05) is 0 Å². The minimum atomic E-state index is -0.337. The Morgan fingerprint density at radius 3 is 2.75 bits per heavy atom. The maximum absolute atomic E-state index is 11.3. The van der Waals surface area contributed by atoms with Crippen molar-refractivity contribution in [3.8, 4) is 5.88 Å². The van der Waals surface area contributed by atoms with Crippen LogP contribution in [-0.4, -0.2) is 29.8 Å². The first-order valence-electron chi connectivity index (χ1n) is 6.89. The zero-order valence-corrected chi connectivity index (χ0v) is 12.2. The Labute approximate surface area is 123 Å². The molecule has 110 valence electrons. The molecule has 1 saturated carbocycles. The Hall–Kier alpha value is -1.49. The van der Waals surface area contributed by atoms with Gasteiger partial charge >= 0.3 is 6.09 Å². The highest BCUT2D eigenvalue weighted by Gasteiger charge is 2.24. The largest absolute Gasteiger partial charge is 0.474 e. The van der Waals surface area contributed by atoms with E-state index < -0.39 is 0 Å². The first-order chi connectivity index (χ1) is 9.67. The number of pyridine rings is 1. The molecule has 0 saturated heterocycles. The van der Waals surface area contributed by atoms with Gasteiger partial charge in [-0.2, -0.15) is 0 Å². The summed E-state index contributed by atoms with van der Waals surface area (Å²) in [4.78, 5) is 15.4. The van der Waals surface area contributed by atoms with E-state index in [1.165, 1.54) is 0 Å². The van der Waals surface area contributed by atoms with Crippen LogP contribution in [0.25, 0.3) is 0 Å². The second kappa shape index (κ2) is 7.33. The van der Waals surface area contributed by atoms with E-state index >= 15 is 0 Å². The number of ether oxygens (including phenoxy) is 2. The quantitative estimate of drug-likeness (QED) is 0.927. The lowest BCUT2D eigenvalue weighted by Gasteiger charge is -2.28. The van der Waals surface area contributed by atoms with Crippen molar-refractivity contribution in [1.82, 2.24) is 10.3 Å². The van der Waals surface area contributed by atoms with Crippen LogP contribution >= 0.6 is 11.6 Å². The lowest BCUT2D eigenvalue weighted by atomic mass is 9.93. The number of hydrogen-bond acceptors (Lipinski definition) is 4. The summed E-state index contributed by atoms with van der Waals surface area (Å²) in [5.74, 6) is 0.594. The number of carbonyl (C=O) groups excluding carboxylic acids is 1. The Balaban J connectivity index is 1.74. The van der Waals surface area contributed by atoms with E-state index in [1.54, 1.807) is 25.3 Å². The van der Waals surface area contributed by atoms with E-state index in [0.29, 0.717) is 17.5 Å².